The van der Waals surface area contributed by atoms with Gasteiger partial charge in [0.05, 0.1) is 24.3 Å². The summed E-state index contributed by atoms with van der Waals surface area (Å²) in [4.78, 5) is 44.8. The standard InChI is InChI=1S/C19H17ClF3NO4.C15H9Cl2F3O2.C4H9NO2.CH4/c1-12(25)24-9-10-27-18(26)17(13-5-7-15(20)8-6-13)28-16-4-2-3-14(11-16)19(21,22)23;16-11-6-4-9(5-7-11)13(14(17)21)22-12-3-1-2-10(8-12)15(18,19)20;1-4(7)5-2-3-6;/h2-8,11,17H,9-10H2,1H3,(H,24,25);1-8,13H;6H,2-3H2,1H3,(H,5,7);1H4. The van der Waals surface area contributed by atoms with E-state index in [2.05, 4.69) is 10.6 Å². The molecular weight excluding hydrogens is 845 g/mol. The molecule has 0 aliphatic heterocycles. The Balaban J connectivity index is 0.000000500. The Kier molecular flexibility index (Phi) is 21.7. The van der Waals surface area contributed by atoms with Crippen molar-refractivity contribution in [1.82, 2.24) is 10.6 Å². The Labute approximate surface area is 345 Å². The van der Waals surface area contributed by atoms with Crippen molar-refractivity contribution >= 4 is 57.8 Å². The average Bonchev–Trinajstić information content (AvgIpc) is 3.14. The molecule has 2 amide bonds. The van der Waals surface area contributed by atoms with Gasteiger partial charge in [0.15, 0.2) is 6.10 Å². The first-order valence-electron chi connectivity index (χ1n) is 16.4. The van der Waals surface area contributed by atoms with Crippen LogP contribution in [-0.4, -0.2) is 54.4 Å². The van der Waals surface area contributed by atoms with Gasteiger partial charge in [-0.25, -0.2) is 4.79 Å². The van der Waals surface area contributed by atoms with E-state index in [4.69, 9.17) is 54.1 Å². The summed E-state index contributed by atoms with van der Waals surface area (Å²) in [5.41, 5.74) is -1.03. The van der Waals surface area contributed by atoms with Gasteiger partial charge in [-0.3, -0.25) is 14.4 Å². The maximum Gasteiger partial charge on any atom is 0.416 e. The number of hydrogen-bond acceptors (Lipinski definition) is 8. The van der Waals surface area contributed by atoms with Crippen LogP contribution in [0.1, 0.15) is 55.7 Å². The van der Waals surface area contributed by atoms with Crippen molar-refractivity contribution in [3.05, 3.63) is 129 Å². The predicted octanol–water partition coefficient (Wildman–Crippen LogP) is 9.15. The summed E-state index contributed by atoms with van der Waals surface area (Å²) in [5.74, 6) is -1.46. The number of alkyl halides is 6. The van der Waals surface area contributed by atoms with Gasteiger partial charge >= 0.3 is 18.3 Å². The van der Waals surface area contributed by atoms with Gasteiger partial charge in [0, 0.05) is 41.6 Å². The maximum absolute atomic E-state index is 12.9. The van der Waals surface area contributed by atoms with E-state index in [1.807, 2.05) is 0 Å². The van der Waals surface area contributed by atoms with Crippen molar-refractivity contribution in [3.63, 3.8) is 0 Å². The van der Waals surface area contributed by atoms with E-state index in [-0.39, 0.29) is 50.5 Å². The molecule has 0 radical (unpaired) electrons. The number of carbonyl (C=O) groups excluding carboxylic acids is 4. The number of amides is 2. The van der Waals surface area contributed by atoms with Crippen LogP contribution in [-0.2, 0) is 36.3 Å². The second-order valence-corrected chi connectivity index (χ2v) is 12.6. The average molecular weight is 884 g/mol. The molecule has 0 saturated heterocycles. The van der Waals surface area contributed by atoms with E-state index in [1.54, 1.807) is 0 Å². The predicted molar refractivity (Wildman–Crippen MR) is 206 cm³/mol. The number of aliphatic hydroxyl groups is 1. The van der Waals surface area contributed by atoms with Gasteiger partial charge in [-0.05, 0) is 72.3 Å². The molecule has 0 heterocycles. The molecule has 19 heteroatoms. The van der Waals surface area contributed by atoms with Crippen LogP contribution >= 0.6 is 34.8 Å². The normalized spacial score (nSPS) is 11.7. The number of halogens is 9. The highest BCUT2D eigenvalue weighted by Crippen LogP contribution is 2.34. The molecule has 0 saturated carbocycles. The lowest BCUT2D eigenvalue weighted by atomic mass is 10.1. The van der Waals surface area contributed by atoms with Crippen molar-refractivity contribution in [2.75, 3.05) is 26.3 Å². The lowest BCUT2D eigenvalue weighted by Gasteiger charge is -2.19. The van der Waals surface area contributed by atoms with Crippen LogP contribution < -0.4 is 20.1 Å². The zero-order chi connectivity index (χ0) is 42.8. The van der Waals surface area contributed by atoms with Crippen LogP contribution in [0.5, 0.6) is 11.5 Å². The highest BCUT2D eigenvalue weighted by Gasteiger charge is 2.32. The zero-order valence-electron chi connectivity index (χ0n) is 29.9. The van der Waals surface area contributed by atoms with Crippen molar-refractivity contribution < 1.29 is 64.8 Å². The fraction of sp³-hybridized carbons (Fsp3) is 0.282. The fourth-order valence-electron chi connectivity index (χ4n) is 4.22. The molecule has 2 unspecified atom stereocenters. The van der Waals surface area contributed by atoms with Crippen LogP contribution in [0, 0.1) is 0 Å². The van der Waals surface area contributed by atoms with Crippen molar-refractivity contribution in [2.45, 2.75) is 45.8 Å². The number of ether oxygens (including phenoxy) is 3. The molecule has 58 heavy (non-hydrogen) atoms. The largest absolute Gasteiger partial charge is 0.476 e. The minimum atomic E-state index is -4.55. The Hall–Kier alpha value is -5.03. The van der Waals surface area contributed by atoms with Crippen LogP contribution in [0.2, 0.25) is 10.0 Å². The Morgan fingerprint density at radius 3 is 1.41 bits per heavy atom. The second-order valence-electron chi connectivity index (χ2n) is 11.3. The number of esters is 1. The zero-order valence-corrected chi connectivity index (χ0v) is 32.2. The van der Waals surface area contributed by atoms with E-state index in [1.165, 1.54) is 86.6 Å². The summed E-state index contributed by atoms with van der Waals surface area (Å²) in [6.07, 6.45) is -11.6. The SMILES string of the molecule is C.CC(=O)NCCO.CC(=O)NCCOC(=O)C(Oc1cccc(C(F)(F)F)c1)c1ccc(Cl)cc1.O=C(Cl)C(Oc1cccc(C(F)(F)F)c1)c1ccc(Cl)cc1. The topological polar surface area (TPSA) is 140 Å². The van der Waals surface area contributed by atoms with Gasteiger partial charge in [-0.15, -0.1) is 0 Å². The molecule has 3 N–H and O–H groups in total. The fourth-order valence-corrected chi connectivity index (χ4v) is 4.65. The van der Waals surface area contributed by atoms with Gasteiger partial charge in [-0.1, -0.05) is 67.0 Å². The molecule has 316 valence electrons. The van der Waals surface area contributed by atoms with Crippen molar-refractivity contribution in [2.24, 2.45) is 0 Å². The number of hydrogen-bond donors (Lipinski definition) is 3. The molecule has 0 aromatic heterocycles. The number of nitrogens with one attached hydrogen (secondary N) is 2. The summed E-state index contributed by atoms with van der Waals surface area (Å²) in [7, 11) is 0. The van der Waals surface area contributed by atoms with Gasteiger partial charge < -0.3 is 30.0 Å². The molecule has 0 aliphatic carbocycles. The monoisotopic (exact) mass is 882 g/mol. The van der Waals surface area contributed by atoms with Crippen molar-refractivity contribution in [3.8, 4) is 11.5 Å². The van der Waals surface area contributed by atoms with Gasteiger partial charge in [0.2, 0.25) is 17.9 Å². The number of benzene rings is 4. The maximum atomic E-state index is 12.9. The Morgan fingerprint density at radius 1 is 0.655 bits per heavy atom. The Morgan fingerprint density at radius 2 is 1.05 bits per heavy atom. The first-order chi connectivity index (χ1) is 26.7. The number of aliphatic hydroxyl groups excluding tert-OH is 1. The third-order valence-corrected chi connectivity index (χ3v) is 7.50. The first-order valence-corrected chi connectivity index (χ1v) is 17.5. The molecule has 0 spiro atoms. The molecule has 2 atom stereocenters. The van der Waals surface area contributed by atoms with Crippen LogP contribution in [0.4, 0.5) is 26.3 Å². The van der Waals surface area contributed by atoms with Gasteiger partial charge in [0.1, 0.15) is 18.1 Å². The third-order valence-electron chi connectivity index (χ3n) is 6.80. The van der Waals surface area contributed by atoms with E-state index >= 15 is 0 Å². The van der Waals surface area contributed by atoms with E-state index in [0.29, 0.717) is 27.7 Å². The molecule has 4 aromatic carbocycles. The lowest BCUT2D eigenvalue weighted by Crippen LogP contribution is -2.28. The summed E-state index contributed by atoms with van der Waals surface area (Å²) < 4.78 is 92.6. The second kappa shape index (κ2) is 24.7. The minimum Gasteiger partial charge on any atom is -0.476 e. The van der Waals surface area contributed by atoms with Gasteiger partial charge in [0.25, 0.3) is 5.24 Å². The molecule has 0 bridgehead atoms. The highest BCUT2D eigenvalue weighted by atomic mass is 35.5. The van der Waals surface area contributed by atoms with Crippen LogP contribution in [0.3, 0.4) is 0 Å². The van der Waals surface area contributed by atoms with Gasteiger partial charge in [-0.2, -0.15) is 26.3 Å². The summed E-state index contributed by atoms with van der Waals surface area (Å²) in [6.45, 7) is 3.08. The molecule has 0 fully saturated rings. The molecular formula is C39H39Cl3F6N2O8. The van der Waals surface area contributed by atoms with E-state index in [0.717, 1.165) is 24.3 Å². The third kappa shape index (κ3) is 18.9. The molecule has 10 nitrogen and oxygen atoms in total. The van der Waals surface area contributed by atoms with Crippen LogP contribution in [0.25, 0.3) is 0 Å². The van der Waals surface area contributed by atoms with E-state index in [9.17, 15) is 45.5 Å². The highest BCUT2D eigenvalue weighted by molar-refractivity contribution is 6.64. The molecule has 4 rings (SSSR count). The summed E-state index contributed by atoms with van der Waals surface area (Å²) in [5, 5.41) is 13.0. The molecule has 4 aromatic rings. The summed E-state index contributed by atoms with van der Waals surface area (Å²) in [6, 6.07) is 20.5. The number of carbonyl (C=O) groups is 4. The quantitative estimate of drug-likeness (QED) is 0.0523. The molecule has 0 aliphatic rings. The van der Waals surface area contributed by atoms with E-state index < -0.39 is 46.9 Å². The Bertz CT molecular complexity index is 1920. The lowest BCUT2D eigenvalue weighted by molar-refractivity contribution is -0.152. The summed E-state index contributed by atoms with van der Waals surface area (Å²) >= 11 is 17.1. The number of rotatable bonds is 13. The minimum absolute atomic E-state index is 0. The first kappa shape index (κ1) is 51.0. The smallest absolute Gasteiger partial charge is 0.416 e. The van der Waals surface area contributed by atoms with Crippen molar-refractivity contribution in [1.29, 1.82) is 0 Å². The van der Waals surface area contributed by atoms with Crippen LogP contribution in [0.15, 0.2) is 97.1 Å².